The van der Waals surface area contributed by atoms with E-state index < -0.39 is 10.0 Å². The van der Waals surface area contributed by atoms with Crippen LogP contribution in [0.5, 0.6) is 0 Å². The summed E-state index contributed by atoms with van der Waals surface area (Å²) < 4.78 is 27.1. The van der Waals surface area contributed by atoms with E-state index in [9.17, 15) is 13.2 Å². The van der Waals surface area contributed by atoms with Crippen LogP contribution in [0.25, 0.3) is 0 Å². The minimum atomic E-state index is -3.59. The number of amides is 1. The van der Waals surface area contributed by atoms with Crippen LogP contribution in [0.3, 0.4) is 0 Å². The molecule has 1 aliphatic rings. The number of halogens is 1. The molecular weight excluding hydrogens is 362 g/mol. The average Bonchev–Trinajstić information content (AvgIpc) is 2.54. The summed E-state index contributed by atoms with van der Waals surface area (Å²) in [6.45, 7) is 5.93. The van der Waals surface area contributed by atoms with Gasteiger partial charge in [-0.15, -0.1) is 12.4 Å². The molecule has 1 amide bonds. The molecule has 2 N–H and O–H groups in total. The first-order valence-electron chi connectivity index (χ1n) is 8.39. The molecule has 0 bridgehead atoms. The van der Waals surface area contributed by atoms with E-state index in [4.69, 9.17) is 0 Å². The van der Waals surface area contributed by atoms with Crippen LogP contribution in [0.1, 0.15) is 37.0 Å². The number of hydrogen-bond acceptors (Lipinski definition) is 4. The Bertz CT molecular complexity index is 671. The molecule has 0 unspecified atom stereocenters. The fourth-order valence-electron chi connectivity index (χ4n) is 2.99. The number of piperidine rings is 1. The van der Waals surface area contributed by atoms with Crippen molar-refractivity contribution in [3.8, 4) is 0 Å². The zero-order valence-corrected chi connectivity index (χ0v) is 16.6. The Morgan fingerprint density at radius 1 is 1.28 bits per heavy atom. The molecule has 1 aromatic rings. The number of rotatable bonds is 6. The molecule has 0 atom stereocenters. The lowest BCUT2D eigenvalue weighted by atomic mass is 9.96. The van der Waals surface area contributed by atoms with Crippen molar-refractivity contribution >= 4 is 28.3 Å². The second kappa shape index (κ2) is 9.52. The van der Waals surface area contributed by atoms with Crippen molar-refractivity contribution in [3.05, 3.63) is 29.8 Å². The van der Waals surface area contributed by atoms with Gasteiger partial charge in [0.15, 0.2) is 0 Å². The number of hydrogen-bond donors (Lipinski definition) is 2. The number of likely N-dealkylation sites (tertiary alicyclic amines) is 1. The molecule has 0 saturated carbocycles. The minimum Gasteiger partial charge on any atom is -0.339 e. The first-order valence-corrected chi connectivity index (χ1v) is 9.88. The molecule has 1 fully saturated rings. The lowest BCUT2D eigenvalue weighted by molar-refractivity contribution is 0.0690. The van der Waals surface area contributed by atoms with E-state index in [0.717, 1.165) is 19.4 Å². The van der Waals surface area contributed by atoms with Crippen LogP contribution in [0.4, 0.5) is 0 Å². The van der Waals surface area contributed by atoms with Crippen LogP contribution >= 0.6 is 12.4 Å². The van der Waals surface area contributed by atoms with Gasteiger partial charge in [0.05, 0.1) is 4.90 Å². The van der Waals surface area contributed by atoms with Crippen LogP contribution in [-0.4, -0.2) is 51.9 Å². The van der Waals surface area contributed by atoms with E-state index in [-0.39, 0.29) is 29.3 Å². The molecule has 142 valence electrons. The van der Waals surface area contributed by atoms with Gasteiger partial charge >= 0.3 is 0 Å². The third-order valence-electron chi connectivity index (χ3n) is 4.18. The molecule has 1 heterocycles. The summed E-state index contributed by atoms with van der Waals surface area (Å²) in [4.78, 5) is 14.6. The van der Waals surface area contributed by atoms with E-state index in [2.05, 4.69) is 10.0 Å². The Hall–Kier alpha value is -1.15. The number of nitrogens with one attached hydrogen (secondary N) is 2. The van der Waals surface area contributed by atoms with Crippen molar-refractivity contribution in [2.24, 2.45) is 5.92 Å². The van der Waals surface area contributed by atoms with Crippen LogP contribution in [0, 0.1) is 5.92 Å². The minimum absolute atomic E-state index is 0. The van der Waals surface area contributed by atoms with E-state index in [0.29, 0.717) is 24.6 Å². The molecule has 1 aromatic carbocycles. The summed E-state index contributed by atoms with van der Waals surface area (Å²) >= 11 is 0. The number of carbonyl (C=O) groups is 1. The van der Waals surface area contributed by atoms with Gasteiger partial charge in [0.25, 0.3) is 5.91 Å². The first-order chi connectivity index (χ1) is 11.3. The summed E-state index contributed by atoms with van der Waals surface area (Å²) in [7, 11) is -1.65. The Kier molecular flexibility index (Phi) is 8.34. The second-order valence-corrected chi connectivity index (χ2v) is 8.31. The monoisotopic (exact) mass is 389 g/mol. The van der Waals surface area contributed by atoms with Gasteiger partial charge < -0.3 is 10.2 Å². The molecule has 25 heavy (non-hydrogen) atoms. The van der Waals surface area contributed by atoms with Crippen LogP contribution < -0.4 is 10.0 Å². The van der Waals surface area contributed by atoms with Gasteiger partial charge in [0.2, 0.25) is 10.0 Å². The normalized spacial score (nSPS) is 15.9. The maximum absolute atomic E-state index is 12.7. The van der Waals surface area contributed by atoms with E-state index >= 15 is 0 Å². The van der Waals surface area contributed by atoms with Crippen LogP contribution in [0.2, 0.25) is 0 Å². The topological polar surface area (TPSA) is 78.5 Å². The highest BCUT2D eigenvalue weighted by molar-refractivity contribution is 7.89. The van der Waals surface area contributed by atoms with Crippen LogP contribution in [-0.2, 0) is 10.0 Å². The van der Waals surface area contributed by atoms with Crippen molar-refractivity contribution in [1.82, 2.24) is 14.9 Å². The predicted molar refractivity (Wildman–Crippen MR) is 102 cm³/mol. The van der Waals surface area contributed by atoms with Crippen molar-refractivity contribution in [1.29, 1.82) is 0 Å². The molecule has 0 aliphatic carbocycles. The summed E-state index contributed by atoms with van der Waals surface area (Å²) in [5, 5.41) is 3.18. The quantitative estimate of drug-likeness (QED) is 0.778. The number of benzene rings is 1. The summed E-state index contributed by atoms with van der Waals surface area (Å²) in [5.74, 6) is 0.500. The van der Waals surface area contributed by atoms with Gasteiger partial charge in [-0.3, -0.25) is 4.79 Å². The fourth-order valence-corrected chi connectivity index (χ4v) is 4.28. The van der Waals surface area contributed by atoms with Crippen molar-refractivity contribution in [2.45, 2.75) is 37.6 Å². The maximum atomic E-state index is 12.7. The summed E-state index contributed by atoms with van der Waals surface area (Å²) in [6.07, 6.45) is 1.94. The molecule has 2 rings (SSSR count). The standard InChI is InChI=1S/C17H27N3O3S.ClH/c1-13(2)19-24(22,23)16-6-4-5-15(11-16)17(21)20-9-7-14(8-10-20)12-18-3;/h4-6,11,13-14,18-19H,7-10,12H2,1-3H3;1H. The zero-order chi connectivity index (χ0) is 17.7. The van der Waals surface area contributed by atoms with Crippen molar-refractivity contribution in [2.75, 3.05) is 26.7 Å². The van der Waals surface area contributed by atoms with E-state index in [1.54, 1.807) is 26.0 Å². The molecular formula is C17H28ClN3O3S. The molecule has 8 heteroatoms. The highest BCUT2D eigenvalue weighted by Crippen LogP contribution is 2.20. The van der Waals surface area contributed by atoms with Gasteiger partial charge in [-0.2, -0.15) is 0 Å². The molecule has 1 saturated heterocycles. The van der Waals surface area contributed by atoms with Gasteiger partial charge in [-0.1, -0.05) is 6.07 Å². The lowest BCUT2D eigenvalue weighted by Crippen LogP contribution is -2.40. The molecule has 0 aromatic heterocycles. The molecule has 0 radical (unpaired) electrons. The van der Waals surface area contributed by atoms with Crippen LogP contribution in [0.15, 0.2) is 29.2 Å². The Balaban J connectivity index is 0.00000312. The van der Waals surface area contributed by atoms with Gasteiger partial charge in [0.1, 0.15) is 0 Å². The summed E-state index contributed by atoms with van der Waals surface area (Å²) in [6, 6.07) is 6.08. The third-order valence-corrected chi connectivity index (χ3v) is 5.83. The molecule has 1 aliphatic heterocycles. The average molecular weight is 390 g/mol. The smallest absolute Gasteiger partial charge is 0.253 e. The van der Waals surface area contributed by atoms with Crippen molar-refractivity contribution < 1.29 is 13.2 Å². The molecule has 0 spiro atoms. The predicted octanol–water partition coefficient (Wildman–Crippen LogP) is 1.87. The Morgan fingerprint density at radius 2 is 1.92 bits per heavy atom. The van der Waals surface area contributed by atoms with E-state index in [1.807, 2.05) is 11.9 Å². The maximum Gasteiger partial charge on any atom is 0.253 e. The number of sulfonamides is 1. The molecule has 6 nitrogen and oxygen atoms in total. The SMILES string of the molecule is CNCC1CCN(C(=O)c2cccc(S(=O)(=O)NC(C)C)c2)CC1.Cl. The Labute approximate surface area is 156 Å². The number of carbonyl (C=O) groups excluding carboxylic acids is 1. The largest absolute Gasteiger partial charge is 0.339 e. The van der Waals surface area contributed by atoms with Gasteiger partial charge in [-0.25, -0.2) is 13.1 Å². The Morgan fingerprint density at radius 3 is 2.48 bits per heavy atom. The zero-order valence-electron chi connectivity index (χ0n) is 15.0. The van der Waals surface area contributed by atoms with Crippen molar-refractivity contribution in [3.63, 3.8) is 0 Å². The number of nitrogens with zero attached hydrogens (tertiary/aromatic N) is 1. The second-order valence-electron chi connectivity index (χ2n) is 6.60. The van der Waals surface area contributed by atoms with E-state index in [1.165, 1.54) is 12.1 Å². The highest BCUT2D eigenvalue weighted by atomic mass is 35.5. The third kappa shape index (κ3) is 5.95. The highest BCUT2D eigenvalue weighted by Gasteiger charge is 2.24. The van der Waals surface area contributed by atoms with Gasteiger partial charge in [-0.05, 0) is 64.4 Å². The lowest BCUT2D eigenvalue weighted by Gasteiger charge is -2.32. The summed E-state index contributed by atoms with van der Waals surface area (Å²) in [5.41, 5.74) is 0.425. The fraction of sp³-hybridized carbons (Fsp3) is 0.588. The first kappa shape index (κ1) is 21.9. The van der Waals surface area contributed by atoms with Gasteiger partial charge in [0, 0.05) is 24.7 Å².